The van der Waals surface area contributed by atoms with Crippen molar-refractivity contribution in [2.45, 2.75) is 76.4 Å². The first-order valence-corrected chi connectivity index (χ1v) is 9.98. The molecule has 0 radical (unpaired) electrons. The molecule has 0 aromatic heterocycles. The minimum absolute atomic E-state index is 0.0607. The van der Waals surface area contributed by atoms with Crippen LogP contribution in [0.3, 0.4) is 0 Å². The van der Waals surface area contributed by atoms with E-state index in [1.807, 2.05) is 0 Å². The van der Waals surface area contributed by atoms with Crippen molar-refractivity contribution in [3.63, 3.8) is 0 Å². The Bertz CT molecular complexity index is 367. The second-order valence-corrected chi connectivity index (χ2v) is 7.16. The number of ether oxygens (including phenoxy) is 1. The summed E-state index contributed by atoms with van der Waals surface area (Å²) >= 11 is 0. The van der Waals surface area contributed by atoms with Gasteiger partial charge in [0.25, 0.3) is 0 Å². The second kappa shape index (κ2) is 14.5. The number of rotatable bonds is 14. The van der Waals surface area contributed by atoms with Crippen LogP contribution in [0.5, 0.6) is 0 Å². The molecule has 0 aliphatic heterocycles. The molecule has 0 heterocycles. The summed E-state index contributed by atoms with van der Waals surface area (Å²) in [5, 5.41) is 29.2. The van der Waals surface area contributed by atoms with Crippen molar-refractivity contribution in [2.24, 2.45) is 11.8 Å². The molecule has 0 saturated heterocycles. The van der Waals surface area contributed by atoms with Gasteiger partial charge in [-0.1, -0.05) is 37.1 Å². The molecule has 0 aromatic carbocycles. The van der Waals surface area contributed by atoms with Crippen LogP contribution < -0.4 is 0 Å². The van der Waals surface area contributed by atoms with E-state index in [-0.39, 0.29) is 18.4 Å². The lowest BCUT2D eigenvalue weighted by Gasteiger charge is -2.19. The highest BCUT2D eigenvalue weighted by atomic mass is 16.5. The van der Waals surface area contributed by atoms with E-state index in [1.165, 1.54) is 19.3 Å². The van der Waals surface area contributed by atoms with Crippen molar-refractivity contribution in [3.05, 3.63) is 24.3 Å². The van der Waals surface area contributed by atoms with Crippen LogP contribution in [0.25, 0.3) is 0 Å². The monoisotopic (exact) mass is 354 g/mol. The quantitative estimate of drug-likeness (QED) is 0.329. The van der Waals surface area contributed by atoms with Crippen molar-refractivity contribution in [3.8, 4) is 0 Å². The van der Waals surface area contributed by atoms with Crippen LogP contribution in [0, 0.1) is 11.8 Å². The molecule has 1 fully saturated rings. The Morgan fingerprint density at radius 2 is 1.60 bits per heavy atom. The van der Waals surface area contributed by atoms with Gasteiger partial charge >= 0.3 is 0 Å². The van der Waals surface area contributed by atoms with Crippen molar-refractivity contribution < 1.29 is 20.1 Å². The molecule has 1 saturated carbocycles. The zero-order valence-electron chi connectivity index (χ0n) is 15.9. The summed E-state index contributed by atoms with van der Waals surface area (Å²) in [6, 6.07) is 0. The first kappa shape index (κ1) is 22.4. The molecule has 1 unspecified atom stereocenters. The van der Waals surface area contributed by atoms with Crippen LogP contribution >= 0.6 is 0 Å². The highest BCUT2D eigenvalue weighted by molar-refractivity contribution is 5.04. The van der Waals surface area contributed by atoms with Gasteiger partial charge in [-0.15, -0.1) is 0 Å². The second-order valence-electron chi connectivity index (χ2n) is 7.16. The summed E-state index contributed by atoms with van der Waals surface area (Å²) in [7, 11) is 1.74. The van der Waals surface area contributed by atoms with Gasteiger partial charge in [-0.2, -0.15) is 0 Å². The molecule has 0 aromatic rings. The molecule has 4 atom stereocenters. The predicted octanol–water partition coefficient (Wildman–Crippen LogP) is 3.61. The SMILES string of the molecule is COCCCCCCC=C[C@H]1C(CC=CCCCCO)[C@H](O)C[C@@H]1O. The Kier molecular flexibility index (Phi) is 13.0. The lowest BCUT2D eigenvalue weighted by molar-refractivity contribution is 0.120. The Morgan fingerprint density at radius 1 is 0.880 bits per heavy atom. The topological polar surface area (TPSA) is 69.9 Å². The summed E-state index contributed by atoms with van der Waals surface area (Å²) in [6.07, 6.45) is 17.6. The van der Waals surface area contributed by atoms with Gasteiger partial charge in [0.1, 0.15) is 0 Å². The number of allylic oxidation sites excluding steroid dienone is 3. The van der Waals surface area contributed by atoms with Gasteiger partial charge in [-0.3, -0.25) is 0 Å². The Morgan fingerprint density at radius 3 is 2.36 bits per heavy atom. The normalized spacial score (nSPS) is 27.0. The standard InChI is InChI=1S/C21H38O4/c1-25-16-12-8-3-2-5-9-13-18-19(21(24)17-20(18)23)14-10-6-4-7-11-15-22/h6,9-10,13,18-24H,2-5,7-8,11-12,14-17H2,1H3/t18-,19?,20-,21+/m0/s1. The van der Waals surface area contributed by atoms with E-state index in [9.17, 15) is 10.2 Å². The van der Waals surface area contributed by atoms with E-state index in [1.54, 1.807) is 7.11 Å². The highest BCUT2D eigenvalue weighted by Gasteiger charge is 2.39. The zero-order chi connectivity index (χ0) is 18.3. The Labute approximate surface area is 153 Å². The Balaban J connectivity index is 2.29. The van der Waals surface area contributed by atoms with Gasteiger partial charge in [0.15, 0.2) is 0 Å². The maximum absolute atomic E-state index is 10.2. The summed E-state index contributed by atoms with van der Waals surface area (Å²) in [6.45, 7) is 1.10. The summed E-state index contributed by atoms with van der Waals surface area (Å²) in [5.74, 6) is 0.174. The molecule has 0 bridgehead atoms. The van der Waals surface area contributed by atoms with E-state index >= 15 is 0 Å². The molecule has 3 N–H and O–H groups in total. The van der Waals surface area contributed by atoms with Crippen LogP contribution in [-0.4, -0.2) is 47.9 Å². The predicted molar refractivity (Wildman–Crippen MR) is 102 cm³/mol. The van der Waals surface area contributed by atoms with Crippen molar-refractivity contribution in [1.82, 2.24) is 0 Å². The lowest BCUT2D eigenvalue weighted by atomic mass is 9.89. The van der Waals surface area contributed by atoms with Gasteiger partial charge in [-0.05, 0) is 50.9 Å². The molecule has 0 spiro atoms. The molecule has 0 amide bonds. The Hall–Kier alpha value is -0.680. The van der Waals surface area contributed by atoms with Gasteiger partial charge < -0.3 is 20.1 Å². The number of methoxy groups -OCH3 is 1. The van der Waals surface area contributed by atoms with Crippen LogP contribution in [0.4, 0.5) is 0 Å². The van der Waals surface area contributed by atoms with Crippen LogP contribution in [0.1, 0.15) is 64.2 Å². The van der Waals surface area contributed by atoms with E-state index < -0.39 is 12.2 Å². The first-order valence-electron chi connectivity index (χ1n) is 9.98. The number of unbranched alkanes of at least 4 members (excludes halogenated alkanes) is 6. The smallest absolute Gasteiger partial charge is 0.0631 e. The maximum atomic E-state index is 10.2. The minimum Gasteiger partial charge on any atom is -0.396 e. The molecule has 146 valence electrons. The third-order valence-electron chi connectivity index (χ3n) is 5.10. The molecule has 1 aliphatic carbocycles. The lowest BCUT2D eigenvalue weighted by Crippen LogP contribution is -2.19. The highest BCUT2D eigenvalue weighted by Crippen LogP contribution is 2.36. The third kappa shape index (κ3) is 9.55. The largest absolute Gasteiger partial charge is 0.396 e. The van der Waals surface area contributed by atoms with Crippen molar-refractivity contribution >= 4 is 0 Å². The molecule has 1 aliphatic rings. The van der Waals surface area contributed by atoms with Crippen molar-refractivity contribution in [2.75, 3.05) is 20.3 Å². The number of hydrogen-bond acceptors (Lipinski definition) is 4. The molecule has 4 heteroatoms. The fourth-order valence-electron chi connectivity index (χ4n) is 3.57. The average molecular weight is 355 g/mol. The van der Waals surface area contributed by atoms with E-state index in [0.29, 0.717) is 6.42 Å². The van der Waals surface area contributed by atoms with Gasteiger partial charge in [0.05, 0.1) is 12.2 Å². The molecular weight excluding hydrogens is 316 g/mol. The van der Waals surface area contributed by atoms with E-state index in [4.69, 9.17) is 9.84 Å². The third-order valence-corrected chi connectivity index (χ3v) is 5.10. The van der Waals surface area contributed by atoms with E-state index in [0.717, 1.165) is 45.1 Å². The molecular formula is C21H38O4. The van der Waals surface area contributed by atoms with Crippen LogP contribution in [0.15, 0.2) is 24.3 Å². The number of hydrogen-bond donors (Lipinski definition) is 3. The molecule has 1 rings (SSSR count). The summed E-state index contributed by atoms with van der Waals surface area (Å²) in [4.78, 5) is 0. The number of aliphatic hydroxyl groups excluding tert-OH is 3. The maximum Gasteiger partial charge on any atom is 0.0631 e. The fraction of sp³-hybridized carbons (Fsp3) is 0.810. The number of aliphatic hydroxyl groups is 3. The molecule has 4 nitrogen and oxygen atoms in total. The minimum atomic E-state index is -0.430. The fourth-order valence-corrected chi connectivity index (χ4v) is 3.57. The zero-order valence-corrected chi connectivity index (χ0v) is 15.9. The van der Waals surface area contributed by atoms with Gasteiger partial charge in [0.2, 0.25) is 0 Å². The van der Waals surface area contributed by atoms with E-state index in [2.05, 4.69) is 24.3 Å². The average Bonchev–Trinajstić information content (AvgIpc) is 2.86. The first-order chi connectivity index (χ1) is 12.2. The summed E-state index contributed by atoms with van der Waals surface area (Å²) in [5.41, 5.74) is 0. The molecule has 25 heavy (non-hydrogen) atoms. The van der Waals surface area contributed by atoms with Crippen LogP contribution in [0.2, 0.25) is 0 Å². The van der Waals surface area contributed by atoms with Gasteiger partial charge in [-0.25, -0.2) is 0 Å². The van der Waals surface area contributed by atoms with Gasteiger partial charge in [0, 0.05) is 32.7 Å². The van der Waals surface area contributed by atoms with Crippen LogP contribution in [-0.2, 0) is 4.74 Å². The van der Waals surface area contributed by atoms with Crippen molar-refractivity contribution in [1.29, 1.82) is 0 Å². The summed E-state index contributed by atoms with van der Waals surface area (Å²) < 4.78 is 5.05.